The van der Waals surface area contributed by atoms with Gasteiger partial charge in [0.25, 0.3) is 0 Å². The normalized spacial score (nSPS) is 21.5. The van der Waals surface area contributed by atoms with Gasteiger partial charge in [-0.1, -0.05) is 18.2 Å². The number of β-lactam (4-membered cyclic amide) rings is 1. The summed E-state index contributed by atoms with van der Waals surface area (Å²) in [7, 11) is 1.62. The predicted molar refractivity (Wildman–Crippen MR) is 105 cm³/mol. The Morgan fingerprint density at radius 2 is 2.00 bits per heavy atom. The monoisotopic (exact) mass is 390 g/mol. The summed E-state index contributed by atoms with van der Waals surface area (Å²) in [6, 6.07) is 0. The highest BCUT2D eigenvalue weighted by Gasteiger charge is 2.29. The van der Waals surface area contributed by atoms with Crippen LogP contribution >= 0.6 is 0 Å². The third-order valence-corrected chi connectivity index (χ3v) is 4.61. The summed E-state index contributed by atoms with van der Waals surface area (Å²) >= 11 is 0. The minimum atomic E-state index is -0.113. The Kier molecular flexibility index (Phi) is 9.65. The Hall–Kier alpha value is -2.25. The van der Waals surface area contributed by atoms with Crippen molar-refractivity contribution in [2.75, 3.05) is 33.5 Å². The van der Waals surface area contributed by atoms with Crippen LogP contribution in [0.1, 0.15) is 44.9 Å². The molecular formula is C21H30N2O5. The number of rotatable bonds is 11. The fraction of sp³-hybridized carbons (Fsp3) is 0.571. The molecule has 1 fully saturated rings. The predicted octanol–water partition coefficient (Wildman–Crippen LogP) is 2.25. The fourth-order valence-electron chi connectivity index (χ4n) is 2.88. The molecule has 1 N–H and O–H groups in total. The lowest BCUT2D eigenvalue weighted by molar-refractivity contribution is -0.152. The minimum Gasteiger partial charge on any atom is -0.382 e. The molecule has 0 spiro atoms. The molecule has 0 atom stereocenters. The zero-order valence-corrected chi connectivity index (χ0v) is 16.6. The number of likely N-dealkylation sites (tertiary alicyclic amines) is 1. The van der Waals surface area contributed by atoms with Gasteiger partial charge in [-0.05, 0) is 37.3 Å². The number of carbonyl (C=O) groups is 3. The molecule has 1 aliphatic heterocycles. The van der Waals surface area contributed by atoms with Crippen molar-refractivity contribution in [1.82, 2.24) is 10.2 Å². The van der Waals surface area contributed by atoms with E-state index in [9.17, 15) is 14.4 Å². The van der Waals surface area contributed by atoms with Crippen LogP contribution in [0, 0.1) is 0 Å². The molecule has 28 heavy (non-hydrogen) atoms. The first-order valence-corrected chi connectivity index (χ1v) is 9.86. The number of allylic oxidation sites excluding steroid dienone is 6. The third-order valence-electron chi connectivity index (χ3n) is 4.61. The lowest BCUT2D eigenvalue weighted by Crippen LogP contribution is -2.47. The van der Waals surface area contributed by atoms with E-state index >= 15 is 0 Å². The van der Waals surface area contributed by atoms with Crippen molar-refractivity contribution < 1.29 is 23.9 Å². The summed E-state index contributed by atoms with van der Waals surface area (Å²) in [6.45, 7) is 2.18. The van der Waals surface area contributed by atoms with E-state index in [0.717, 1.165) is 24.1 Å². The first-order chi connectivity index (χ1) is 13.6. The number of hydrogen-bond donors (Lipinski definition) is 1. The van der Waals surface area contributed by atoms with Crippen LogP contribution < -0.4 is 5.32 Å². The Morgan fingerprint density at radius 1 is 1.14 bits per heavy atom. The molecule has 0 bridgehead atoms. The van der Waals surface area contributed by atoms with Crippen molar-refractivity contribution in [1.29, 1.82) is 0 Å². The van der Waals surface area contributed by atoms with E-state index in [1.807, 2.05) is 24.3 Å². The second-order valence-electron chi connectivity index (χ2n) is 6.82. The van der Waals surface area contributed by atoms with Crippen LogP contribution in [0.3, 0.4) is 0 Å². The van der Waals surface area contributed by atoms with Crippen LogP contribution in [0.2, 0.25) is 0 Å². The van der Waals surface area contributed by atoms with E-state index in [0.29, 0.717) is 58.5 Å². The van der Waals surface area contributed by atoms with Gasteiger partial charge in [-0.15, -0.1) is 0 Å². The molecule has 2 aliphatic rings. The zero-order chi connectivity index (χ0) is 20.2. The highest BCUT2D eigenvalue weighted by molar-refractivity contribution is 5.99. The Balaban J connectivity index is 1.74. The van der Waals surface area contributed by atoms with Crippen LogP contribution in [0.15, 0.2) is 35.6 Å². The van der Waals surface area contributed by atoms with Crippen molar-refractivity contribution in [3.63, 3.8) is 0 Å². The van der Waals surface area contributed by atoms with Gasteiger partial charge in [-0.25, -0.2) is 0 Å². The maximum absolute atomic E-state index is 12.1. The summed E-state index contributed by atoms with van der Waals surface area (Å²) in [4.78, 5) is 36.7. The first-order valence-electron chi connectivity index (χ1n) is 9.86. The largest absolute Gasteiger partial charge is 0.382 e. The molecule has 3 amide bonds. The highest BCUT2D eigenvalue weighted by Crippen LogP contribution is 2.17. The summed E-state index contributed by atoms with van der Waals surface area (Å²) in [5.74, 6) is -0.216. The van der Waals surface area contributed by atoms with Crippen LogP contribution in [0.25, 0.3) is 0 Å². The van der Waals surface area contributed by atoms with Gasteiger partial charge in [0.05, 0.1) is 13.2 Å². The van der Waals surface area contributed by atoms with E-state index in [-0.39, 0.29) is 17.7 Å². The number of ether oxygens (including phenoxy) is 2. The Labute approximate surface area is 166 Å². The summed E-state index contributed by atoms with van der Waals surface area (Å²) in [5, 5.41) is 2.96. The van der Waals surface area contributed by atoms with Crippen molar-refractivity contribution in [2.45, 2.75) is 44.9 Å². The maximum atomic E-state index is 12.1. The molecule has 0 aromatic rings. The van der Waals surface area contributed by atoms with E-state index in [1.165, 1.54) is 4.90 Å². The molecule has 0 aromatic carbocycles. The summed E-state index contributed by atoms with van der Waals surface area (Å²) in [5.41, 5.74) is 1.88. The number of methoxy groups -OCH3 is 1. The molecule has 1 aliphatic carbocycles. The third kappa shape index (κ3) is 7.78. The van der Waals surface area contributed by atoms with E-state index < -0.39 is 0 Å². The average Bonchev–Trinajstić information content (AvgIpc) is 2.65. The van der Waals surface area contributed by atoms with Crippen molar-refractivity contribution in [3.8, 4) is 0 Å². The smallest absolute Gasteiger partial charge is 0.230 e. The number of nitrogens with one attached hydrogen (secondary N) is 1. The number of hydrogen-bond acceptors (Lipinski definition) is 5. The summed E-state index contributed by atoms with van der Waals surface area (Å²) < 4.78 is 10.3. The van der Waals surface area contributed by atoms with E-state index in [4.69, 9.17) is 9.47 Å². The van der Waals surface area contributed by atoms with E-state index in [2.05, 4.69) is 5.32 Å². The maximum Gasteiger partial charge on any atom is 0.230 e. The number of nitrogens with zero attached hydrogens (tertiary/aromatic N) is 1. The van der Waals surface area contributed by atoms with Gasteiger partial charge in [0, 0.05) is 45.2 Å². The van der Waals surface area contributed by atoms with Crippen LogP contribution in [-0.2, 0) is 23.9 Å². The Bertz CT molecular complexity index is 651. The lowest BCUT2D eigenvalue weighted by Gasteiger charge is -2.28. The average molecular weight is 390 g/mol. The highest BCUT2D eigenvalue weighted by atomic mass is 16.5. The molecule has 7 nitrogen and oxygen atoms in total. The number of imide groups is 1. The first kappa shape index (κ1) is 22.0. The van der Waals surface area contributed by atoms with Gasteiger partial charge in [0.1, 0.15) is 0 Å². The van der Waals surface area contributed by atoms with Gasteiger partial charge in [0.15, 0.2) is 0 Å². The Morgan fingerprint density at radius 3 is 2.71 bits per heavy atom. The zero-order valence-electron chi connectivity index (χ0n) is 16.6. The van der Waals surface area contributed by atoms with Crippen LogP contribution in [-0.4, -0.2) is 56.1 Å². The molecular weight excluding hydrogens is 360 g/mol. The lowest BCUT2D eigenvalue weighted by atomic mass is 10.0. The van der Waals surface area contributed by atoms with Gasteiger partial charge < -0.3 is 14.8 Å². The quantitative estimate of drug-likeness (QED) is 0.432. The number of carbonyl (C=O) groups excluding carboxylic acids is 3. The van der Waals surface area contributed by atoms with Crippen LogP contribution in [0.4, 0.5) is 0 Å². The SMILES string of the molecule is COCCOCCCC(=O)N/C1=C/C=C(CCC(=O)N2CCC2=O)\C=C/CC1. The molecule has 0 saturated carbocycles. The standard InChI is InChI=1S/C21H30N2O5/c1-27-15-16-28-14-4-7-19(24)22-18-6-3-2-5-17(8-10-18)9-11-20(25)23-13-12-21(23)26/h2,5,8,10H,3-4,6-7,9,11-16H2,1H3,(H,22,24)/b5-2-,17-8+,18-10+. The number of amides is 3. The van der Waals surface area contributed by atoms with Gasteiger partial charge in [-0.3, -0.25) is 19.3 Å². The topological polar surface area (TPSA) is 84.9 Å². The molecule has 2 rings (SSSR count). The second kappa shape index (κ2) is 12.3. The van der Waals surface area contributed by atoms with Crippen LogP contribution in [0.5, 0.6) is 0 Å². The molecule has 1 heterocycles. The van der Waals surface area contributed by atoms with Crippen molar-refractivity contribution in [2.24, 2.45) is 0 Å². The minimum absolute atomic E-state index is 0.0208. The fourth-order valence-corrected chi connectivity index (χ4v) is 2.88. The van der Waals surface area contributed by atoms with Gasteiger partial charge >= 0.3 is 0 Å². The van der Waals surface area contributed by atoms with Crippen molar-refractivity contribution in [3.05, 3.63) is 35.6 Å². The molecule has 154 valence electrons. The summed E-state index contributed by atoms with van der Waals surface area (Å²) in [6.07, 6.45) is 11.9. The molecule has 0 radical (unpaired) electrons. The molecule has 0 unspecified atom stereocenters. The van der Waals surface area contributed by atoms with Gasteiger partial charge in [0.2, 0.25) is 17.7 Å². The molecule has 1 saturated heterocycles. The molecule has 7 heteroatoms. The van der Waals surface area contributed by atoms with Gasteiger partial charge in [-0.2, -0.15) is 0 Å². The second-order valence-corrected chi connectivity index (χ2v) is 6.82. The van der Waals surface area contributed by atoms with E-state index in [1.54, 1.807) is 7.11 Å². The van der Waals surface area contributed by atoms with Crippen molar-refractivity contribution >= 4 is 17.7 Å². The molecule has 0 aromatic heterocycles.